The van der Waals surface area contributed by atoms with Crippen LogP contribution < -0.4 is 5.32 Å². The van der Waals surface area contributed by atoms with Crippen molar-refractivity contribution >= 4 is 16.8 Å². The Morgan fingerprint density at radius 3 is 2.78 bits per heavy atom. The number of benzene rings is 1. The van der Waals surface area contributed by atoms with Crippen molar-refractivity contribution in [1.29, 1.82) is 0 Å². The zero-order valence-corrected chi connectivity index (χ0v) is 15.4. The summed E-state index contributed by atoms with van der Waals surface area (Å²) in [5.41, 5.74) is 2.10. The Hall–Kier alpha value is -2.73. The summed E-state index contributed by atoms with van der Waals surface area (Å²) < 4.78 is 2.00. The Morgan fingerprint density at radius 2 is 1.96 bits per heavy atom. The van der Waals surface area contributed by atoms with Gasteiger partial charge in [0, 0.05) is 30.9 Å². The molecule has 0 radical (unpaired) electrons. The van der Waals surface area contributed by atoms with E-state index in [1.54, 1.807) is 12.4 Å². The fourth-order valence-corrected chi connectivity index (χ4v) is 3.81. The normalized spacial score (nSPS) is 15.9. The van der Waals surface area contributed by atoms with Gasteiger partial charge in [-0.1, -0.05) is 24.3 Å². The van der Waals surface area contributed by atoms with Crippen LogP contribution in [0.2, 0.25) is 0 Å². The summed E-state index contributed by atoms with van der Waals surface area (Å²) in [5, 5.41) is 8.71. The SMILES string of the molecule is O=C(NCCCn1ncc2ccccc21)C(c1cccnc1)N1CCCC1. The minimum Gasteiger partial charge on any atom is -0.354 e. The number of likely N-dealkylation sites (tertiary alicyclic amines) is 1. The van der Waals surface area contributed by atoms with Crippen molar-refractivity contribution in [3.8, 4) is 0 Å². The Kier molecular flexibility index (Phi) is 5.44. The summed E-state index contributed by atoms with van der Waals surface area (Å²) in [4.78, 5) is 19.4. The Labute approximate surface area is 159 Å². The van der Waals surface area contributed by atoms with Crippen LogP contribution in [0.5, 0.6) is 0 Å². The molecule has 1 aromatic carbocycles. The monoisotopic (exact) mass is 363 g/mol. The lowest BCUT2D eigenvalue weighted by Crippen LogP contribution is -2.39. The molecule has 6 heteroatoms. The van der Waals surface area contributed by atoms with E-state index in [1.165, 1.54) is 0 Å². The number of hydrogen-bond donors (Lipinski definition) is 1. The predicted molar refractivity (Wildman–Crippen MR) is 105 cm³/mol. The molecule has 0 aliphatic carbocycles. The van der Waals surface area contributed by atoms with Crippen LogP contribution >= 0.6 is 0 Å². The summed E-state index contributed by atoms with van der Waals surface area (Å²) in [5.74, 6) is 0.0650. The zero-order valence-electron chi connectivity index (χ0n) is 15.4. The van der Waals surface area contributed by atoms with Gasteiger partial charge in [-0.25, -0.2) is 0 Å². The maximum absolute atomic E-state index is 12.9. The maximum Gasteiger partial charge on any atom is 0.242 e. The Bertz CT molecular complexity index is 886. The summed E-state index contributed by atoms with van der Waals surface area (Å²) >= 11 is 0. The van der Waals surface area contributed by atoms with Crippen molar-refractivity contribution in [1.82, 2.24) is 25.0 Å². The molecule has 1 unspecified atom stereocenters. The third kappa shape index (κ3) is 4.01. The Balaban J connectivity index is 1.35. The van der Waals surface area contributed by atoms with Crippen molar-refractivity contribution in [2.24, 2.45) is 0 Å². The fourth-order valence-electron chi connectivity index (χ4n) is 3.81. The second kappa shape index (κ2) is 8.31. The van der Waals surface area contributed by atoms with Crippen LogP contribution in [0.25, 0.3) is 10.9 Å². The van der Waals surface area contributed by atoms with E-state index in [0.717, 1.165) is 55.4 Å². The molecule has 140 valence electrons. The smallest absolute Gasteiger partial charge is 0.242 e. The van der Waals surface area contributed by atoms with Crippen molar-refractivity contribution in [3.05, 3.63) is 60.6 Å². The van der Waals surface area contributed by atoms with Crippen LogP contribution in [-0.4, -0.2) is 45.2 Å². The number of carbonyl (C=O) groups is 1. The molecule has 6 nitrogen and oxygen atoms in total. The number of para-hydroxylation sites is 1. The van der Waals surface area contributed by atoms with E-state index in [0.29, 0.717) is 6.54 Å². The number of aryl methyl sites for hydroxylation is 1. The molecule has 3 aromatic rings. The minimum atomic E-state index is -0.244. The maximum atomic E-state index is 12.9. The summed E-state index contributed by atoms with van der Waals surface area (Å²) in [7, 11) is 0. The molecule has 27 heavy (non-hydrogen) atoms. The first-order valence-electron chi connectivity index (χ1n) is 9.65. The molecule has 1 amide bonds. The van der Waals surface area contributed by atoms with Gasteiger partial charge in [0.05, 0.1) is 11.7 Å². The largest absolute Gasteiger partial charge is 0.354 e. The standard InChI is InChI=1S/C21H25N5O/c27-21(20(25-12-3-4-13-25)18-8-5-10-22-15-18)23-11-6-14-26-19-9-2-1-7-17(19)16-24-26/h1-2,5,7-10,15-16,20H,3-4,6,11-14H2,(H,23,27). The summed E-state index contributed by atoms with van der Waals surface area (Å²) in [6.07, 6.45) is 8.58. The predicted octanol–water partition coefficient (Wildman–Crippen LogP) is 2.77. The highest BCUT2D eigenvalue weighted by molar-refractivity contribution is 5.83. The molecule has 1 atom stereocenters. The van der Waals surface area contributed by atoms with Crippen LogP contribution in [0.1, 0.15) is 30.9 Å². The average Bonchev–Trinajstić information content (AvgIpc) is 3.37. The van der Waals surface area contributed by atoms with E-state index in [4.69, 9.17) is 0 Å². The highest BCUT2D eigenvalue weighted by Crippen LogP contribution is 2.24. The van der Waals surface area contributed by atoms with Gasteiger partial charge in [-0.2, -0.15) is 5.10 Å². The van der Waals surface area contributed by atoms with E-state index in [-0.39, 0.29) is 11.9 Å². The van der Waals surface area contributed by atoms with E-state index >= 15 is 0 Å². The first kappa shape index (κ1) is 17.7. The lowest BCUT2D eigenvalue weighted by atomic mass is 10.1. The molecule has 1 saturated heterocycles. The number of rotatable bonds is 7. The lowest BCUT2D eigenvalue weighted by Gasteiger charge is -2.26. The van der Waals surface area contributed by atoms with Crippen LogP contribution in [0, 0.1) is 0 Å². The van der Waals surface area contributed by atoms with Gasteiger partial charge in [0.2, 0.25) is 5.91 Å². The molecule has 1 aliphatic rings. The van der Waals surface area contributed by atoms with Crippen molar-refractivity contribution in [2.45, 2.75) is 31.8 Å². The molecule has 2 aromatic heterocycles. The number of amides is 1. The summed E-state index contributed by atoms with van der Waals surface area (Å²) in [6, 6.07) is 11.8. The number of aromatic nitrogens is 3. The molecule has 0 spiro atoms. The van der Waals surface area contributed by atoms with Crippen LogP contribution in [0.15, 0.2) is 55.0 Å². The zero-order chi connectivity index (χ0) is 18.5. The number of hydrogen-bond acceptors (Lipinski definition) is 4. The molecule has 1 fully saturated rings. The number of nitrogens with one attached hydrogen (secondary N) is 1. The second-order valence-corrected chi connectivity index (χ2v) is 7.00. The van der Waals surface area contributed by atoms with Crippen LogP contribution in [-0.2, 0) is 11.3 Å². The molecule has 0 bridgehead atoms. The summed E-state index contributed by atoms with van der Waals surface area (Å²) in [6.45, 7) is 3.35. The highest BCUT2D eigenvalue weighted by Gasteiger charge is 2.29. The van der Waals surface area contributed by atoms with Gasteiger partial charge in [0.15, 0.2) is 0 Å². The fraction of sp³-hybridized carbons (Fsp3) is 0.381. The van der Waals surface area contributed by atoms with E-state index in [1.807, 2.05) is 35.1 Å². The average molecular weight is 363 g/mol. The number of carbonyl (C=O) groups excluding carboxylic acids is 1. The molecular weight excluding hydrogens is 338 g/mol. The first-order chi connectivity index (χ1) is 13.3. The highest BCUT2D eigenvalue weighted by atomic mass is 16.2. The topological polar surface area (TPSA) is 63.1 Å². The van der Waals surface area contributed by atoms with E-state index in [2.05, 4.69) is 32.4 Å². The van der Waals surface area contributed by atoms with Gasteiger partial charge in [0.1, 0.15) is 6.04 Å². The number of nitrogens with zero attached hydrogens (tertiary/aromatic N) is 4. The quantitative estimate of drug-likeness (QED) is 0.656. The van der Waals surface area contributed by atoms with Gasteiger partial charge in [-0.05, 0) is 50.0 Å². The molecule has 1 aliphatic heterocycles. The molecule has 1 N–H and O–H groups in total. The molecular formula is C21H25N5O. The van der Waals surface area contributed by atoms with E-state index in [9.17, 15) is 4.79 Å². The van der Waals surface area contributed by atoms with Crippen molar-refractivity contribution in [2.75, 3.05) is 19.6 Å². The van der Waals surface area contributed by atoms with Gasteiger partial charge in [-0.15, -0.1) is 0 Å². The van der Waals surface area contributed by atoms with Gasteiger partial charge < -0.3 is 5.32 Å². The third-order valence-corrected chi connectivity index (χ3v) is 5.15. The molecule has 3 heterocycles. The molecule has 4 rings (SSSR count). The first-order valence-corrected chi connectivity index (χ1v) is 9.65. The third-order valence-electron chi connectivity index (χ3n) is 5.15. The molecule has 0 saturated carbocycles. The number of pyridine rings is 1. The van der Waals surface area contributed by atoms with Gasteiger partial charge in [-0.3, -0.25) is 19.4 Å². The van der Waals surface area contributed by atoms with E-state index < -0.39 is 0 Å². The minimum absolute atomic E-state index is 0.0650. The van der Waals surface area contributed by atoms with Gasteiger partial charge >= 0.3 is 0 Å². The number of fused-ring (bicyclic) bond motifs is 1. The van der Waals surface area contributed by atoms with Crippen molar-refractivity contribution in [3.63, 3.8) is 0 Å². The van der Waals surface area contributed by atoms with Crippen LogP contribution in [0.3, 0.4) is 0 Å². The van der Waals surface area contributed by atoms with Crippen LogP contribution in [0.4, 0.5) is 0 Å². The Morgan fingerprint density at radius 1 is 1.11 bits per heavy atom. The lowest BCUT2D eigenvalue weighted by molar-refractivity contribution is -0.126. The second-order valence-electron chi connectivity index (χ2n) is 7.00. The van der Waals surface area contributed by atoms with Crippen molar-refractivity contribution < 1.29 is 4.79 Å². The van der Waals surface area contributed by atoms with Gasteiger partial charge in [0.25, 0.3) is 0 Å².